The fraction of sp³-hybridized carbons (Fsp3) is 0.400. The van der Waals surface area contributed by atoms with Gasteiger partial charge in [-0.15, -0.1) is 0 Å². The highest BCUT2D eigenvalue weighted by Crippen LogP contribution is 2.27. The molecule has 3 rings (SSSR count). The summed E-state index contributed by atoms with van der Waals surface area (Å²) in [5, 5.41) is 2.59. The minimum atomic E-state index is -0.724. The maximum absolute atomic E-state index is 12.6. The fourth-order valence-corrected chi connectivity index (χ4v) is 2.76. The molecule has 0 aromatic heterocycles. The van der Waals surface area contributed by atoms with Crippen LogP contribution < -0.4 is 5.32 Å². The van der Waals surface area contributed by atoms with E-state index in [1.54, 1.807) is 9.80 Å². The van der Waals surface area contributed by atoms with Gasteiger partial charge < -0.3 is 19.9 Å². The minimum absolute atomic E-state index is 0.176. The molecule has 0 saturated carbocycles. The van der Waals surface area contributed by atoms with Crippen LogP contribution in [0.2, 0.25) is 0 Å². The zero-order valence-corrected chi connectivity index (χ0v) is 12.0. The number of alkyl carbamates (subject to hydrolysis) is 1. The molecule has 2 aliphatic rings. The Hall–Kier alpha value is -2.57. The van der Waals surface area contributed by atoms with Crippen LogP contribution in [0.3, 0.4) is 0 Å². The molecule has 0 aliphatic carbocycles. The molecule has 1 aromatic rings. The van der Waals surface area contributed by atoms with Gasteiger partial charge in [0.25, 0.3) is 0 Å². The summed E-state index contributed by atoms with van der Waals surface area (Å²) in [7, 11) is 0. The first-order valence-corrected chi connectivity index (χ1v) is 7.19. The Morgan fingerprint density at radius 3 is 2.50 bits per heavy atom. The van der Waals surface area contributed by atoms with Crippen molar-refractivity contribution in [3.63, 3.8) is 0 Å². The van der Waals surface area contributed by atoms with E-state index < -0.39 is 18.2 Å². The van der Waals surface area contributed by atoms with E-state index in [9.17, 15) is 14.4 Å². The summed E-state index contributed by atoms with van der Waals surface area (Å²) < 4.78 is 5.25. The average Bonchev–Trinajstić information content (AvgIpc) is 2.97. The van der Waals surface area contributed by atoms with Gasteiger partial charge in [-0.25, -0.2) is 4.79 Å². The number of nitrogens with one attached hydrogen (secondary N) is 1. The number of hydrogen-bond donors (Lipinski definition) is 1. The Balaban J connectivity index is 1.73. The predicted octanol–water partition coefficient (Wildman–Crippen LogP) is 0.137. The monoisotopic (exact) mass is 303 g/mol. The quantitative estimate of drug-likeness (QED) is 0.806. The predicted molar refractivity (Wildman–Crippen MR) is 76.8 cm³/mol. The van der Waals surface area contributed by atoms with Crippen LogP contribution in [0.4, 0.5) is 4.79 Å². The second kappa shape index (κ2) is 6.05. The minimum Gasteiger partial charge on any atom is -0.439 e. The largest absolute Gasteiger partial charge is 0.439 e. The Morgan fingerprint density at radius 1 is 1.18 bits per heavy atom. The van der Waals surface area contributed by atoms with E-state index in [0.29, 0.717) is 26.2 Å². The van der Waals surface area contributed by atoms with Gasteiger partial charge in [-0.1, -0.05) is 30.3 Å². The van der Waals surface area contributed by atoms with E-state index in [-0.39, 0.29) is 5.91 Å². The molecule has 2 fully saturated rings. The van der Waals surface area contributed by atoms with Crippen molar-refractivity contribution < 1.29 is 19.1 Å². The van der Waals surface area contributed by atoms with Crippen LogP contribution in [0.1, 0.15) is 11.7 Å². The van der Waals surface area contributed by atoms with E-state index in [4.69, 9.17) is 4.74 Å². The summed E-state index contributed by atoms with van der Waals surface area (Å²) in [5.41, 5.74) is 0.783. The maximum Gasteiger partial charge on any atom is 0.408 e. The van der Waals surface area contributed by atoms with Gasteiger partial charge >= 0.3 is 6.09 Å². The molecule has 7 heteroatoms. The van der Waals surface area contributed by atoms with Crippen LogP contribution in [-0.2, 0) is 14.3 Å². The molecule has 7 nitrogen and oxygen atoms in total. The summed E-state index contributed by atoms with van der Waals surface area (Å²) in [6.07, 6.45) is -0.418. The van der Waals surface area contributed by atoms with E-state index in [2.05, 4.69) is 5.32 Å². The molecule has 2 aliphatic heterocycles. The van der Waals surface area contributed by atoms with Crippen molar-refractivity contribution in [3.05, 3.63) is 35.9 Å². The van der Waals surface area contributed by atoms with Crippen molar-refractivity contribution in [3.8, 4) is 0 Å². The molecular formula is C15H17N3O4. The van der Waals surface area contributed by atoms with E-state index in [1.165, 1.54) is 0 Å². The summed E-state index contributed by atoms with van der Waals surface area (Å²) in [5.74, 6) is -0.176. The lowest BCUT2D eigenvalue weighted by Gasteiger charge is -2.34. The Bertz CT molecular complexity index is 569. The summed E-state index contributed by atoms with van der Waals surface area (Å²) in [4.78, 5) is 38.2. The number of carbonyl (C=O) groups is 3. The second-order valence-corrected chi connectivity index (χ2v) is 5.33. The molecule has 2 saturated heterocycles. The Morgan fingerprint density at radius 2 is 1.86 bits per heavy atom. The number of nitrogens with zero attached hydrogens (tertiary/aromatic N) is 2. The fourth-order valence-electron chi connectivity index (χ4n) is 2.76. The van der Waals surface area contributed by atoms with Crippen LogP contribution in [-0.4, -0.2) is 60.4 Å². The van der Waals surface area contributed by atoms with Crippen LogP contribution in [0.5, 0.6) is 0 Å². The van der Waals surface area contributed by atoms with Gasteiger partial charge in [-0.2, -0.15) is 0 Å². The third-order valence-corrected chi connectivity index (χ3v) is 3.98. The third-order valence-electron chi connectivity index (χ3n) is 3.98. The van der Waals surface area contributed by atoms with Crippen LogP contribution in [0.25, 0.3) is 0 Å². The molecule has 3 amide bonds. The van der Waals surface area contributed by atoms with Gasteiger partial charge in [0, 0.05) is 26.2 Å². The molecule has 2 heterocycles. The van der Waals surface area contributed by atoms with Crippen LogP contribution >= 0.6 is 0 Å². The topological polar surface area (TPSA) is 79.0 Å². The molecular weight excluding hydrogens is 286 g/mol. The number of benzene rings is 1. The second-order valence-electron chi connectivity index (χ2n) is 5.33. The smallest absolute Gasteiger partial charge is 0.408 e. The lowest BCUT2D eigenvalue weighted by atomic mass is 10.0. The first-order chi connectivity index (χ1) is 10.7. The zero-order valence-electron chi connectivity index (χ0n) is 12.0. The molecule has 1 aromatic carbocycles. The number of hydrogen-bond acceptors (Lipinski definition) is 4. The lowest BCUT2D eigenvalue weighted by Crippen LogP contribution is -2.53. The van der Waals surface area contributed by atoms with Gasteiger partial charge in [0.15, 0.2) is 12.1 Å². The summed E-state index contributed by atoms with van der Waals surface area (Å²) in [6.45, 7) is 1.94. The lowest BCUT2D eigenvalue weighted by molar-refractivity contribution is -0.138. The highest BCUT2D eigenvalue weighted by atomic mass is 16.6. The molecule has 2 unspecified atom stereocenters. The third kappa shape index (κ3) is 2.74. The SMILES string of the molecule is O=CN1CCN(C(=O)C2NC(=O)OC2c2ccccc2)CC1. The number of cyclic esters (lactones) is 1. The number of piperazine rings is 1. The first kappa shape index (κ1) is 14.4. The molecule has 0 radical (unpaired) electrons. The van der Waals surface area contributed by atoms with Crippen molar-refractivity contribution >= 4 is 18.4 Å². The number of ether oxygens (including phenoxy) is 1. The molecule has 2 atom stereocenters. The number of amides is 3. The highest BCUT2D eigenvalue weighted by molar-refractivity contribution is 5.89. The number of rotatable bonds is 3. The van der Waals surface area contributed by atoms with Gasteiger partial charge in [-0.05, 0) is 5.56 Å². The van der Waals surface area contributed by atoms with Crippen LogP contribution in [0.15, 0.2) is 30.3 Å². The van der Waals surface area contributed by atoms with Gasteiger partial charge in [0.2, 0.25) is 12.3 Å². The van der Waals surface area contributed by atoms with Gasteiger partial charge in [0.1, 0.15) is 0 Å². The Kier molecular flexibility index (Phi) is 3.95. The molecule has 0 spiro atoms. The summed E-state index contributed by atoms with van der Waals surface area (Å²) in [6, 6.07) is 8.48. The van der Waals surface area contributed by atoms with Gasteiger partial charge in [-0.3, -0.25) is 9.59 Å². The van der Waals surface area contributed by atoms with E-state index >= 15 is 0 Å². The first-order valence-electron chi connectivity index (χ1n) is 7.19. The number of carbonyl (C=O) groups excluding carboxylic acids is 3. The standard InChI is InChI=1S/C15H17N3O4/c19-10-17-6-8-18(9-7-17)14(20)12-13(22-15(21)16-12)11-4-2-1-3-5-11/h1-5,10,12-13H,6-9H2,(H,16,21). The Labute approximate surface area is 127 Å². The maximum atomic E-state index is 12.6. The van der Waals surface area contributed by atoms with Crippen molar-refractivity contribution in [2.45, 2.75) is 12.1 Å². The average molecular weight is 303 g/mol. The molecule has 22 heavy (non-hydrogen) atoms. The summed E-state index contributed by atoms with van der Waals surface area (Å²) >= 11 is 0. The normalized spacial score (nSPS) is 24.6. The molecule has 1 N–H and O–H groups in total. The van der Waals surface area contributed by atoms with Crippen molar-refractivity contribution in [1.29, 1.82) is 0 Å². The molecule has 116 valence electrons. The molecule has 0 bridgehead atoms. The van der Waals surface area contributed by atoms with Crippen molar-refractivity contribution in [2.75, 3.05) is 26.2 Å². The van der Waals surface area contributed by atoms with E-state index in [0.717, 1.165) is 12.0 Å². The van der Waals surface area contributed by atoms with Crippen LogP contribution in [0, 0.1) is 0 Å². The van der Waals surface area contributed by atoms with Crippen molar-refractivity contribution in [2.24, 2.45) is 0 Å². The van der Waals surface area contributed by atoms with Gasteiger partial charge in [0.05, 0.1) is 0 Å². The zero-order chi connectivity index (χ0) is 15.5. The highest BCUT2D eigenvalue weighted by Gasteiger charge is 2.42. The van der Waals surface area contributed by atoms with E-state index in [1.807, 2.05) is 30.3 Å². The van der Waals surface area contributed by atoms with Crippen molar-refractivity contribution in [1.82, 2.24) is 15.1 Å².